The Balaban J connectivity index is 0.00000192. The van der Waals surface area contributed by atoms with Crippen LogP contribution in [0.3, 0.4) is 0 Å². The molecule has 0 bridgehead atoms. The van der Waals surface area contributed by atoms with Crippen LogP contribution in [-0.2, 0) is 4.79 Å². The summed E-state index contributed by atoms with van der Waals surface area (Å²) < 4.78 is 2.35. The molecule has 3 rings (SSSR count). The molecule has 23 heavy (non-hydrogen) atoms. The Morgan fingerprint density at radius 2 is 1.87 bits per heavy atom. The summed E-state index contributed by atoms with van der Waals surface area (Å²) in [5, 5.41) is 5.03. The topological polar surface area (TPSA) is 52.7 Å². The first kappa shape index (κ1) is 18.2. The van der Waals surface area contributed by atoms with Gasteiger partial charge in [-0.05, 0) is 24.6 Å². The van der Waals surface area contributed by atoms with Gasteiger partial charge in [0.05, 0.1) is 4.88 Å². The second-order valence-electron chi connectivity index (χ2n) is 5.29. The quantitative estimate of drug-likeness (QED) is 0.894. The van der Waals surface area contributed by atoms with Crippen molar-refractivity contribution in [3.63, 3.8) is 0 Å². The summed E-state index contributed by atoms with van der Waals surface area (Å²) >= 11 is 3.22. The summed E-state index contributed by atoms with van der Waals surface area (Å²) in [6.45, 7) is 3.21. The van der Waals surface area contributed by atoms with Crippen LogP contribution >= 0.6 is 35.1 Å². The first-order valence-electron chi connectivity index (χ1n) is 7.37. The maximum Gasteiger partial charge on any atom is 0.264 e. The first-order chi connectivity index (χ1) is 10.7. The minimum atomic E-state index is 0. The van der Waals surface area contributed by atoms with E-state index in [0.29, 0.717) is 39.1 Å². The Hall–Kier alpha value is -1.15. The molecular formula is C15H20ClN3O2S2. The molecule has 1 fully saturated rings. The van der Waals surface area contributed by atoms with Crippen molar-refractivity contribution in [3.05, 3.63) is 22.4 Å². The van der Waals surface area contributed by atoms with Crippen molar-refractivity contribution in [2.75, 3.05) is 39.8 Å². The lowest BCUT2D eigenvalue weighted by atomic mass is 10.2. The highest BCUT2D eigenvalue weighted by molar-refractivity contribution is 7.27. The Kier molecular flexibility index (Phi) is 6.41. The second kappa shape index (κ2) is 8.10. The highest BCUT2D eigenvalue weighted by atomic mass is 35.5. The van der Waals surface area contributed by atoms with Gasteiger partial charge < -0.3 is 15.1 Å². The average molecular weight is 374 g/mol. The number of halogens is 1. The SMILES string of the molecule is CNCCC(=O)N1CCN(C(=O)c2cc3sccc3s2)CC1.Cl. The smallest absolute Gasteiger partial charge is 0.264 e. The van der Waals surface area contributed by atoms with Crippen LogP contribution in [0.25, 0.3) is 9.40 Å². The van der Waals surface area contributed by atoms with Crippen LogP contribution in [0.1, 0.15) is 16.1 Å². The average Bonchev–Trinajstić information content (AvgIpc) is 3.13. The summed E-state index contributed by atoms with van der Waals surface area (Å²) in [6, 6.07) is 4.04. The number of nitrogens with zero attached hydrogens (tertiary/aromatic N) is 2. The number of piperazine rings is 1. The van der Waals surface area contributed by atoms with Gasteiger partial charge in [0.1, 0.15) is 0 Å². The van der Waals surface area contributed by atoms with E-state index in [1.54, 1.807) is 22.7 Å². The Morgan fingerprint density at radius 1 is 1.17 bits per heavy atom. The maximum atomic E-state index is 12.5. The number of rotatable bonds is 4. The minimum absolute atomic E-state index is 0. The van der Waals surface area contributed by atoms with Crippen LogP contribution in [-0.4, -0.2) is 61.4 Å². The number of carbonyl (C=O) groups excluding carboxylic acids is 2. The molecule has 0 spiro atoms. The molecule has 2 aromatic rings. The fourth-order valence-corrected chi connectivity index (χ4v) is 4.65. The molecule has 1 aliphatic heterocycles. The molecule has 1 N–H and O–H groups in total. The van der Waals surface area contributed by atoms with E-state index in [9.17, 15) is 9.59 Å². The van der Waals surface area contributed by atoms with Crippen molar-refractivity contribution in [3.8, 4) is 0 Å². The molecule has 126 valence electrons. The van der Waals surface area contributed by atoms with Crippen molar-refractivity contribution in [1.29, 1.82) is 0 Å². The fraction of sp³-hybridized carbons (Fsp3) is 0.467. The molecular weight excluding hydrogens is 354 g/mol. The summed E-state index contributed by atoms with van der Waals surface area (Å²) in [4.78, 5) is 29.0. The minimum Gasteiger partial charge on any atom is -0.339 e. The molecule has 1 aliphatic rings. The Labute approximate surface area is 149 Å². The van der Waals surface area contributed by atoms with Gasteiger partial charge in [0.15, 0.2) is 0 Å². The van der Waals surface area contributed by atoms with Crippen molar-refractivity contribution in [1.82, 2.24) is 15.1 Å². The molecule has 2 amide bonds. The van der Waals surface area contributed by atoms with E-state index in [0.717, 1.165) is 4.88 Å². The first-order valence-corrected chi connectivity index (χ1v) is 9.07. The Morgan fingerprint density at radius 3 is 2.52 bits per heavy atom. The van der Waals surface area contributed by atoms with E-state index in [-0.39, 0.29) is 24.2 Å². The van der Waals surface area contributed by atoms with E-state index >= 15 is 0 Å². The Bertz CT molecular complexity index is 649. The van der Waals surface area contributed by atoms with Gasteiger partial charge in [-0.15, -0.1) is 35.1 Å². The predicted octanol–water partition coefficient (Wildman–Crippen LogP) is 2.28. The van der Waals surface area contributed by atoms with E-state index < -0.39 is 0 Å². The number of thiophene rings is 2. The number of fused-ring (bicyclic) bond motifs is 1. The molecule has 8 heteroatoms. The van der Waals surface area contributed by atoms with Gasteiger partial charge >= 0.3 is 0 Å². The van der Waals surface area contributed by atoms with E-state index in [4.69, 9.17) is 0 Å². The summed E-state index contributed by atoms with van der Waals surface area (Å²) in [5.74, 6) is 0.258. The van der Waals surface area contributed by atoms with Crippen molar-refractivity contribution < 1.29 is 9.59 Å². The molecule has 0 saturated carbocycles. The van der Waals surface area contributed by atoms with Crippen LogP contribution in [0.5, 0.6) is 0 Å². The second-order valence-corrected chi connectivity index (χ2v) is 7.32. The number of nitrogens with one attached hydrogen (secondary N) is 1. The number of hydrogen-bond donors (Lipinski definition) is 1. The number of hydrogen-bond acceptors (Lipinski definition) is 5. The highest BCUT2D eigenvalue weighted by Crippen LogP contribution is 2.30. The van der Waals surface area contributed by atoms with Crippen LogP contribution in [0, 0.1) is 0 Å². The zero-order valence-corrected chi connectivity index (χ0v) is 15.4. The molecule has 0 aromatic carbocycles. The number of carbonyl (C=O) groups is 2. The van der Waals surface area contributed by atoms with E-state index in [2.05, 4.69) is 11.4 Å². The lowest BCUT2D eigenvalue weighted by Crippen LogP contribution is -2.50. The predicted molar refractivity (Wildman–Crippen MR) is 98.0 cm³/mol. The van der Waals surface area contributed by atoms with Crippen molar-refractivity contribution >= 4 is 56.3 Å². The monoisotopic (exact) mass is 373 g/mol. The molecule has 0 aliphatic carbocycles. The highest BCUT2D eigenvalue weighted by Gasteiger charge is 2.25. The van der Waals surface area contributed by atoms with Gasteiger partial charge in [-0.2, -0.15) is 0 Å². The van der Waals surface area contributed by atoms with E-state index in [1.807, 2.05) is 28.3 Å². The van der Waals surface area contributed by atoms with E-state index in [1.165, 1.54) is 9.40 Å². The normalized spacial score (nSPS) is 14.8. The van der Waals surface area contributed by atoms with Gasteiger partial charge in [0.2, 0.25) is 5.91 Å². The molecule has 2 aromatic heterocycles. The summed E-state index contributed by atoms with van der Waals surface area (Å²) in [7, 11) is 1.84. The summed E-state index contributed by atoms with van der Waals surface area (Å²) in [5.41, 5.74) is 0. The van der Waals surface area contributed by atoms with Gasteiger partial charge in [0.25, 0.3) is 5.91 Å². The molecule has 5 nitrogen and oxygen atoms in total. The van der Waals surface area contributed by atoms with Gasteiger partial charge in [-0.25, -0.2) is 0 Å². The number of amides is 2. The van der Waals surface area contributed by atoms with Crippen LogP contribution in [0.4, 0.5) is 0 Å². The van der Waals surface area contributed by atoms with Crippen LogP contribution in [0.15, 0.2) is 17.5 Å². The van der Waals surface area contributed by atoms with Crippen LogP contribution < -0.4 is 5.32 Å². The lowest BCUT2D eigenvalue weighted by molar-refractivity contribution is -0.132. The van der Waals surface area contributed by atoms with Crippen molar-refractivity contribution in [2.45, 2.75) is 6.42 Å². The fourth-order valence-electron chi connectivity index (χ4n) is 2.58. The van der Waals surface area contributed by atoms with Crippen LogP contribution in [0.2, 0.25) is 0 Å². The third kappa shape index (κ3) is 4.03. The van der Waals surface area contributed by atoms with Gasteiger partial charge in [-0.3, -0.25) is 9.59 Å². The van der Waals surface area contributed by atoms with Gasteiger partial charge in [0, 0.05) is 48.5 Å². The maximum absolute atomic E-state index is 12.5. The molecule has 1 saturated heterocycles. The molecule has 0 atom stereocenters. The summed E-state index contributed by atoms with van der Waals surface area (Å²) in [6.07, 6.45) is 0.519. The largest absolute Gasteiger partial charge is 0.339 e. The lowest BCUT2D eigenvalue weighted by Gasteiger charge is -2.34. The molecule has 3 heterocycles. The molecule has 0 unspecified atom stereocenters. The van der Waals surface area contributed by atoms with Gasteiger partial charge in [-0.1, -0.05) is 0 Å². The van der Waals surface area contributed by atoms with Crippen molar-refractivity contribution in [2.24, 2.45) is 0 Å². The third-order valence-corrected chi connectivity index (χ3v) is 5.94. The zero-order valence-electron chi connectivity index (χ0n) is 12.9. The standard InChI is InChI=1S/C15H19N3O2S2.ClH/c1-16-4-2-14(19)17-5-7-18(8-6-17)15(20)13-10-12-11(22-13)3-9-21-12;/h3,9-10,16H,2,4-8H2,1H3;1H. The third-order valence-electron chi connectivity index (χ3n) is 3.86. The zero-order chi connectivity index (χ0) is 15.5. The molecule has 0 radical (unpaired) electrons.